The highest BCUT2D eigenvalue weighted by atomic mass is 32.1. The molecular weight excluding hydrogens is 248 g/mol. The zero-order chi connectivity index (χ0) is 12.8. The van der Waals surface area contributed by atoms with E-state index in [0.29, 0.717) is 13.2 Å². The highest BCUT2D eigenvalue weighted by Crippen LogP contribution is 2.28. The first-order valence-corrected chi connectivity index (χ1v) is 7.49. The Labute approximate surface area is 112 Å². The lowest BCUT2D eigenvalue weighted by atomic mass is 10.3. The van der Waals surface area contributed by atoms with Crippen LogP contribution in [0, 0.1) is 12.8 Å². The zero-order valence-corrected chi connectivity index (χ0v) is 11.7. The van der Waals surface area contributed by atoms with Crippen LogP contribution in [-0.4, -0.2) is 42.5 Å². The maximum Gasteiger partial charge on any atom is 0.0897 e. The van der Waals surface area contributed by atoms with E-state index >= 15 is 0 Å². The van der Waals surface area contributed by atoms with Gasteiger partial charge in [0, 0.05) is 31.5 Å². The van der Waals surface area contributed by atoms with E-state index in [9.17, 15) is 5.11 Å². The molecule has 102 valence electrons. The molecule has 1 aromatic rings. The normalized spacial score (nSPS) is 17.0. The summed E-state index contributed by atoms with van der Waals surface area (Å²) >= 11 is 1.68. The molecule has 0 spiro atoms. The molecule has 5 heteroatoms. The molecule has 0 saturated heterocycles. The van der Waals surface area contributed by atoms with Crippen molar-refractivity contribution in [1.29, 1.82) is 0 Å². The largest absolute Gasteiger partial charge is 0.389 e. The molecule has 0 radical (unpaired) electrons. The van der Waals surface area contributed by atoms with Crippen molar-refractivity contribution in [3.05, 3.63) is 16.1 Å². The van der Waals surface area contributed by atoms with Gasteiger partial charge in [-0.1, -0.05) is 0 Å². The molecule has 18 heavy (non-hydrogen) atoms. The number of nitrogens with zero attached hydrogens (tertiary/aromatic N) is 1. The fraction of sp³-hybridized carbons (Fsp3) is 0.769. The predicted octanol–water partition coefficient (Wildman–Crippen LogP) is 1.37. The van der Waals surface area contributed by atoms with Gasteiger partial charge < -0.3 is 15.2 Å². The van der Waals surface area contributed by atoms with E-state index in [1.807, 2.05) is 6.92 Å². The topological polar surface area (TPSA) is 54.4 Å². The number of rotatable bonds is 9. The van der Waals surface area contributed by atoms with Gasteiger partial charge in [-0.2, -0.15) is 0 Å². The summed E-state index contributed by atoms with van der Waals surface area (Å²) in [5, 5.41) is 16.1. The van der Waals surface area contributed by atoms with Crippen molar-refractivity contribution in [2.75, 3.05) is 26.3 Å². The number of aromatic nitrogens is 1. The van der Waals surface area contributed by atoms with Crippen molar-refractivity contribution in [3.63, 3.8) is 0 Å². The first-order valence-electron chi connectivity index (χ1n) is 6.61. The number of aliphatic hydroxyl groups excluding tert-OH is 1. The van der Waals surface area contributed by atoms with Crippen LogP contribution in [0.25, 0.3) is 0 Å². The Kier molecular flexibility index (Phi) is 5.56. The summed E-state index contributed by atoms with van der Waals surface area (Å²) < 4.78 is 5.44. The zero-order valence-electron chi connectivity index (χ0n) is 10.9. The summed E-state index contributed by atoms with van der Waals surface area (Å²) in [5.41, 5.74) is 1.13. The van der Waals surface area contributed by atoms with Crippen molar-refractivity contribution in [3.8, 4) is 0 Å². The molecule has 0 aliphatic heterocycles. The highest BCUT2D eigenvalue weighted by molar-refractivity contribution is 7.09. The first kappa shape index (κ1) is 13.9. The molecule has 1 fully saturated rings. The van der Waals surface area contributed by atoms with Crippen LogP contribution < -0.4 is 5.32 Å². The minimum atomic E-state index is -0.402. The Morgan fingerprint density at radius 3 is 3.11 bits per heavy atom. The average Bonchev–Trinajstić information content (AvgIpc) is 3.07. The van der Waals surface area contributed by atoms with Crippen molar-refractivity contribution in [2.24, 2.45) is 5.92 Å². The van der Waals surface area contributed by atoms with Crippen molar-refractivity contribution in [1.82, 2.24) is 10.3 Å². The molecule has 4 nitrogen and oxygen atoms in total. The van der Waals surface area contributed by atoms with E-state index in [0.717, 1.165) is 36.2 Å². The van der Waals surface area contributed by atoms with E-state index in [-0.39, 0.29) is 0 Å². The molecule has 0 bridgehead atoms. The number of aryl methyl sites for hydroxylation is 1. The molecular formula is C13H22N2O2S. The summed E-state index contributed by atoms with van der Waals surface area (Å²) in [4.78, 5) is 4.39. The summed E-state index contributed by atoms with van der Waals surface area (Å²) in [5.74, 6) is 0.762. The van der Waals surface area contributed by atoms with E-state index in [1.54, 1.807) is 11.3 Å². The van der Waals surface area contributed by atoms with E-state index in [2.05, 4.69) is 15.7 Å². The fourth-order valence-electron chi connectivity index (χ4n) is 1.72. The number of aliphatic hydroxyl groups is 1. The summed E-state index contributed by atoms with van der Waals surface area (Å²) in [6.45, 7) is 4.72. The lowest BCUT2D eigenvalue weighted by Crippen LogP contribution is -2.31. The van der Waals surface area contributed by atoms with Gasteiger partial charge in [0.2, 0.25) is 0 Å². The first-order chi connectivity index (χ1) is 8.74. The number of nitrogens with one attached hydrogen (secondary N) is 1. The summed E-state index contributed by atoms with van der Waals surface area (Å²) in [7, 11) is 0. The molecule has 2 rings (SSSR count). The molecule has 0 aromatic carbocycles. The van der Waals surface area contributed by atoms with E-state index < -0.39 is 6.10 Å². The fourth-order valence-corrected chi connectivity index (χ4v) is 2.37. The second kappa shape index (κ2) is 7.19. The molecule has 1 heterocycles. The Hall–Kier alpha value is -0.490. The number of ether oxygens (including phenoxy) is 1. The number of hydrogen-bond donors (Lipinski definition) is 2. The quantitative estimate of drug-likeness (QED) is 0.666. The highest BCUT2D eigenvalue weighted by Gasteiger charge is 2.21. The van der Waals surface area contributed by atoms with Crippen LogP contribution in [0.3, 0.4) is 0 Å². The third-order valence-electron chi connectivity index (χ3n) is 2.97. The van der Waals surface area contributed by atoms with Crippen LogP contribution in [-0.2, 0) is 11.2 Å². The molecule has 1 unspecified atom stereocenters. The smallest absolute Gasteiger partial charge is 0.0897 e. The maximum atomic E-state index is 9.68. The molecule has 1 atom stereocenters. The van der Waals surface area contributed by atoms with Crippen LogP contribution in [0.4, 0.5) is 0 Å². The molecule has 1 aromatic heterocycles. The van der Waals surface area contributed by atoms with Crippen LogP contribution in [0.15, 0.2) is 5.38 Å². The average molecular weight is 270 g/mol. The summed E-state index contributed by atoms with van der Waals surface area (Å²) in [6.07, 6.45) is 3.10. The van der Waals surface area contributed by atoms with Crippen LogP contribution in [0.2, 0.25) is 0 Å². The van der Waals surface area contributed by atoms with Crippen molar-refractivity contribution < 1.29 is 9.84 Å². The molecule has 1 saturated carbocycles. The summed E-state index contributed by atoms with van der Waals surface area (Å²) in [6, 6.07) is 0. The lowest BCUT2D eigenvalue weighted by molar-refractivity contribution is 0.0327. The van der Waals surface area contributed by atoms with Crippen molar-refractivity contribution in [2.45, 2.75) is 32.3 Å². The van der Waals surface area contributed by atoms with Crippen LogP contribution in [0.5, 0.6) is 0 Å². The molecule has 0 amide bonds. The number of thiazole rings is 1. The third-order valence-corrected chi connectivity index (χ3v) is 3.79. The van der Waals surface area contributed by atoms with Gasteiger partial charge in [-0.15, -0.1) is 11.3 Å². The van der Waals surface area contributed by atoms with Gasteiger partial charge in [0.15, 0.2) is 0 Å². The standard InChI is InChI=1S/C13H22N2O2S/c1-10-15-12(9-18-10)4-5-14-6-13(16)8-17-7-11-2-3-11/h9,11,13-14,16H,2-8H2,1H3. The third kappa shape index (κ3) is 5.44. The number of hydrogen-bond acceptors (Lipinski definition) is 5. The Morgan fingerprint density at radius 1 is 1.61 bits per heavy atom. The van der Waals surface area contributed by atoms with Crippen LogP contribution in [0.1, 0.15) is 23.5 Å². The van der Waals surface area contributed by atoms with Crippen molar-refractivity contribution >= 4 is 11.3 Å². The van der Waals surface area contributed by atoms with Gasteiger partial charge in [0.1, 0.15) is 0 Å². The van der Waals surface area contributed by atoms with Gasteiger partial charge in [-0.3, -0.25) is 0 Å². The van der Waals surface area contributed by atoms with E-state index in [1.165, 1.54) is 12.8 Å². The minimum Gasteiger partial charge on any atom is -0.389 e. The predicted molar refractivity (Wildman–Crippen MR) is 73.0 cm³/mol. The monoisotopic (exact) mass is 270 g/mol. The van der Waals surface area contributed by atoms with Gasteiger partial charge in [-0.05, 0) is 25.7 Å². The minimum absolute atomic E-state index is 0.402. The van der Waals surface area contributed by atoms with Gasteiger partial charge in [0.25, 0.3) is 0 Å². The Bertz CT molecular complexity index is 353. The van der Waals surface area contributed by atoms with Gasteiger partial charge >= 0.3 is 0 Å². The molecule has 1 aliphatic carbocycles. The van der Waals surface area contributed by atoms with Gasteiger partial charge in [0.05, 0.1) is 23.4 Å². The molecule has 2 N–H and O–H groups in total. The Morgan fingerprint density at radius 2 is 2.44 bits per heavy atom. The SMILES string of the molecule is Cc1nc(CCNCC(O)COCC2CC2)cs1. The second-order valence-electron chi connectivity index (χ2n) is 4.95. The second-order valence-corrected chi connectivity index (χ2v) is 6.01. The lowest BCUT2D eigenvalue weighted by Gasteiger charge is -2.11. The van der Waals surface area contributed by atoms with Gasteiger partial charge in [-0.25, -0.2) is 4.98 Å². The Balaban J connectivity index is 1.46. The molecule has 1 aliphatic rings. The maximum absolute atomic E-state index is 9.68. The van der Waals surface area contributed by atoms with E-state index in [4.69, 9.17) is 4.74 Å². The van der Waals surface area contributed by atoms with Crippen LogP contribution >= 0.6 is 11.3 Å².